The number of nitrogens with zero attached hydrogens (tertiary/aromatic N) is 8. The summed E-state index contributed by atoms with van der Waals surface area (Å²) >= 11 is 4.08. The zero-order valence-electron chi connectivity index (χ0n) is 16.2. The van der Waals surface area contributed by atoms with Crippen molar-refractivity contribution in [3.8, 4) is 0 Å². The van der Waals surface area contributed by atoms with Gasteiger partial charge >= 0.3 is 0 Å². The largest absolute Gasteiger partial charge is 0.232 e. The van der Waals surface area contributed by atoms with Crippen LogP contribution >= 0.6 is 23.5 Å². The van der Waals surface area contributed by atoms with E-state index in [0.29, 0.717) is 0 Å². The van der Waals surface area contributed by atoms with E-state index in [9.17, 15) is 0 Å². The van der Waals surface area contributed by atoms with Crippen molar-refractivity contribution in [3.63, 3.8) is 0 Å². The van der Waals surface area contributed by atoms with Gasteiger partial charge < -0.3 is 0 Å². The van der Waals surface area contributed by atoms with Gasteiger partial charge in [0.1, 0.15) is 12.7 Å². The second-order valence-electron chi connectivity index (χ2n) is 8.07. The number of rotatable bonds is 13. The van der Waals surface area contributed by atoms with Crippen molar-refractivity contribution in [3.05, 3.63) is 12.7 Å². The summed E-state index contributed by atoms with van der Waals surface area (Å²) in [5.74, 6) is 4.78. The third kappa shape index (κ3) is 8.48. The van der Waals surface area contributed by atoms with Gasteiger partial charge in [-0.1, -0.05) is 27.7 Å². The average molecular weight is 399 g/mol. The fraction of sp³-hybridized carbons (Fsp3) is 0.875. The van der Waals surface area contributed by atoms with Crippen LogP contribution in [0.2, 0.25) is 0 Å². The van der Waals surface area contributed by atoms with Crippen LogP contribution in [0.3, 0.4) is 0 Å². The van der Waals surface area contributed by atoms with E-state index in [1.54, 1.807) is 12.7 Å². The molecular weight excluding hydrogens is 368 g/mol. The van der Waals surface area contributed by atoms with Crippen molar-refractivity contribution >= 4 is 23.5 Å². The third-order valence-electron chi connectivity index (χ3n) is 4.18. The van der Waals surface area contributed by atoms with E-state index in [1.165, 1.54) is 35.9 Å². The van der Waals surface area contributed by atoms with Crippen molar-refractivity contribution in [1.29, 1.82) is 0 Å². The number of aromatic nitrogens is 8. The van der Waals surface area contributed by atoms with E-state index < -0.39 is 0 Å². The van der Waals surface area contributed by atoms with Gasteiger partial charge in [-0.25, -0.2) is 9.36 Å². The smallest absolute Gasteiger partial charge is 0.138 e. The van der Waals surface area contributed by atoms with Gasteiger partial charge in [-0.15, -0.1) is 10.2 Å². The van der Waals surface area contributed by atoms with Gasteiger partial charge in [-0.2, -0.15) is 23.5 Å². The van der Waals surface area contributed by atoms with Crippen LogP contribution in [0.15, 0.2) is 12.7 Å². The molecule has 8 nitrogen and oxygen atoms in total. The minimum Gasteiger partial charge on any atom is -0.232 e. The number of thioether (sulfide) groups is 2. The first-order chi connectivity index (χ1) is 12.4. The van der Waals surface area contributed by atoms with E-state index in [-0.39, 0.29) is 10.8 Å². The summed E-state index contributed by atoms with van der Waals surface area (Å²) in [6, 6.07) is 0. The highest BCUT2D eigenvalue weighted by atomic mass is 32.2. The van der Waals surface area contributed by atoms with Gasteiger partial charge in [0.15, 0.2) is 0 Å². The summed E-state index contributed by atoms with van der Waals surface area (Å²) in [7, 11) is 0. The van der Waals surface area contributed by atoms with Crippen molar-refractivity contribution in [2.45, 2.75) is 53.6 Å². The van der Waals surface area contributed by atoms with Crippen molar-refractivity contribution in [1.82, 2.24) is 40.4 Å². The van der Waals surface area contributed by atoms with Crippen molar-refractivity contribution < 1.29 is 0 Å². The lowest BCUT2D eigenvalue weighted by Crippen LogP contribution is -2.21. The van der Waals surface area contributed by atoms with Crippen molar-refractivity contribution in [2.75, 3.05) is 23.0 Å². The Labute approximate surface area is 164 Å². The summed E-state index contributed by atoms with van der Waals surface area (Å²) in [4.78, 5) is 0. The molecule has 0 aliphatic rings. The molecule has 0 aliphatic carbocycles. The molecule has 0 fully saturated rings. The van der Waals surface area contributed by atoms with E-state index >= 15 is 0 Å². The molecule has 0 aromatic carbocycles. The highest BCUT2D eigenvalue weighted by Crippen LogP contribution is 2.26. The second-order valence-corrected chi connectivity index (χ2v) is 10.5. The molecule has 2 aromatic rings. The second kappa shape index (κ2) is 10.2. The molecule has 0 spiro atoms. The molecule has 2 aromatic heterocycles. The molecule has 0 saturated carbocycles. The summed E-state index contributed by atoms with van der Waals surface area (Å²) in [6.45, 7) is 10.8. The van der Waals surface area contributed by atoms with Gasteiger partial charge in [-0.05, 0) is 56.0 Å². The first kappa shape index (κ1) is 21.1. The van der Waals surface area contributed by atoms with E-state index in [1.807, 2.05) is 32.9 Å². The Morgan fingerprint density at radius 3 is 1.46 bits per heavy atom. The molecular formula is C16H30N8S2. The maximum atomic E-state index is 3.96. The average Bonchev–Trinajstić information content (AvgIpc) is 3.23. The highest BCUT2D eigenvalue weighted by molar-refractivity contribution is 8.02. The van der Waals surface area contributed by atoms with Crippen LogP contribution in [-0.4, -0.2) is 63.4 Å². The third-order valence-corrected chi connectivity index (χ3v) is 6.41. The Morgan fingerprint density at radius 2 is 1.12 bits per heavy atom. The van der Waals surface area contributed by atoms with Crippen LogP contribution in [0, 0.1) is 10.8 Å². The summed E-state index contributed by atoms with van der Waals surface area (Å²) in [5, 5.41) is 22.7. The van der Waals surface area contributed by atoms with Crippen LogP contribution < -0.4 is 0 Å². The zero-order chi connectivity index (χ0) is 18.9. The Hall–Kier alpha value is -1.16. The Bertz CT molecular complexity index is 544. The molecule has 0 saturated heterocycles. The highest BCUT2D eigenvalue weighted by Gasteiger charge is 2.20. The molecule has 26 heavy (non-hydrogen) atoms. The normalized spacial score (nSPS) is 12.6. The standard InChI is InChI=1S/C16H30N8S2/c1-15(2,11-23-13-17-19-21-23)5-7-25-9-10-26-8-6-16(3,4)12-24-14-18-20-22-24/h13-14H,5-12H2,1-4H3. The maximum Gasteiger partial charge on any atom is 0.138 e. The molecule has 0 unspecified atom stereocenters. The Balaban J connectivity index is 1.49. The van der Waals surface area contributed by atoms with E-state index in [4.69, 9.17) is 0 Å². The number of hydrogen-bond donors (Lipinski definition) is 0. The molecule has 146 valence electrons. The van der Waals surface area contributed by atoms with Gasteiger partial charge in [0.25, 0.3) is 0 Å². The molecule has 0 bridgehead atoms. The quantitative estimate of drug-likeness (QED) is 0.476. The molecule has 10 heteroatoms. The van der Waals surface area contributed by atoms with Gasteiger partial charge in [0, 0.05) is 24.6 Å². The predicted molar refractivity (Wildman–Crippen MR) is 107 cm³/mol. The first-order valence-corrected chi connectivity index (χ1v) is 11.2. The maximum absolute atomic E-state index is 3.96. The lowest BCUT2D eigenvalue weighted by molar-refractivity contribution is 0.279. The van der Waals surface area contributed by atoms with Crippen LogP contribution in [0.1, 0.15) is 40.5 Å². The summed E-state index contributed by atoms with van der Waals surface area (Å²) in [6.07, 6.45) is 5.71. The molecule has 2 rings (SSSR count). The molecule has 0 amide bonds. The topological polar surface area (TPSA) is 87.2 Å². The lowest BCUT2D eigenvalue weighted by atomic mass is 9.90. The molecule has 2 heterocycles. The minimum atomic E-state index is 0.218. The van der Waals surface area contributed by atoms with Gasteiger partial charge in [0.2, 0.25) is 0 Å². The van der Waals surface area contributed by atoms with Crippen LogP contribution in [-0.2, 0) is 13.1 Å². The van der Waals surface area contributed by atoms with E-state index in [0.717, 1.165) is 13.1 Å². The van der Waals surface area contributed by atoms with E-state index in [2.05, 4.69) is 58.7 Å². The van der Waals surface area contributed by atoms with Crippen molar-refractivity contribution in [2.24, 2.45) is 10.8 Å². The predicted octanol–water partition coefficient (Wildman–Crippen LogP) is 2.66. The fourth-order valence-corrected chi connectivity index (χ4v) is 5.30. The van der Waals surface area contributed by atoms with Gasteiger partial charge in [0.05, 0.1) is 0 Å². The molecule has 0 N–H and O–H groups in total. The zero-order valence-corrected chi connectivity index (χ0v) is 17.8. The molecule has 0 atom stereocenters. The minimum absolute atomic E-state index is 0.218. The summed E-state index contributed by atoms with van der Waals surface area (Å²) < 4.78 is 3.63. The molecule has 0 aliphatic heterocycles. The monoisotopic (exact) mass is 398 g/mol. The molecule has 0 radical (unpaired) electrons. The fourth-order valence-electron chi connectivity index (χ4n) is 2.56. The number of hydrogen-bond acceptors (Lipinski definition) is 8. The van der Waals surface area contributed by atoms with Crippen LogP contribution in [0.5, 0.6) is 0 Å². The first-order valence-electron chi connectivity index (χ1n) is 8.93. The summed E-state index contributed by atoms with van der Waals surface area (Å²) in [5.41, 5.74) is 0.436. The SMILES string of the molecule is CC(C)(CCSCCSCCC(C)(C)Cn1cnnn1)Cn1cnnn1. The Morgan fingerprint density at radius 1 is 0.692 bits per heavy atom. The van der Waals surface area contributed by atoms with Crippen LogP contribution in [0.25, 0.3) is 0 Å². The van der Waals surface area contributed by atoms with Gasteiger partial charge in [-0.3, -0.25) is 0 Å². The Kier molecular flexibility index (Phi) is 8.33. The lowest BCUT2D eigenvalue weighted by Gasteiger charge is -2.24. The van der Waals surface area contributed by atoms with Crippen LogP contribution in [0.4, 0.5) is 0 Å². The number of tetrazole rings is 2.